The molecule has 0 aliphatic heterocycles. The van der Waals surface area contributed by atoms with Gasteiger partial charge in [0.2, 0.25) is 0 Å². The van der Waals surface area contributed by atoms with Gasteiger partial charge < -0.3 is 9.73 Å². The van der Waals surface area contributed by atoms with Crippen molar-refractivity contribution in [3.8, 4) is 0 Å². The Balaban J connectivity index is 1.86. The average Bonchev–Trinajstić information content (AvgIpc) is 3.04. The molecule has 0 saturated heterocycles. The molecule has 2 aromatic heterocycles. The van der Waals surface area contributed by atoms with E-state index >= 15 is 0 Å². The van der Waals surface area contributed by atoms with Gasteiger partial charge in [-0.3, -0.25) is 14.3 Å². The number of aromatic nitrogens is 2. The number of furan rings is 1. The van der Waals surface area contributed by atoms with Gasteiger partial charge >= 0.3 is 0 Å². The third-order valence-corrected chi connectivity index (χ3v) is 3.73. The van der Waals surface area contributed by atoms with E-state index in [-0.39, 0.29) is 17.5 Å². The number of hydrogen-bond donors (Lipinski definition) is 1. The summed E-state index contributed by atoms with van der Waals surface area (Å²) in [5, 5.41) is 6.85. The van der Waals surface area contributed by atoms with Crippen molar-refractivity contribution < 1.29 is 14.0 Å². The Labute approximate surface area is 122 Å². The van der Waals surface area contributed by atoms with E-state index in [9.17, 15) is 9.59 Å². The summed E-state index contributed by atoms with van der Waals surface area (Å²) in [7, 11) is 0. The van der Waals surface area contributed by atoms with Crippen LogP contribution < -0.4 is 5.32 Å². The first-order valence-electron chi connectivity index (χ1n) is 7.09. The second kappa shape index (κ2) is 5.20. The fourth-order valence-corrected chi connectivity index (χ4v) is 2.65. The summed E-state index contributed by atoms with van der Waals surface area (Å²) in [6.45, 7) is 4.46. The number of hydrogen-bond acceptors (Lipinski definition) is 4. The van der Waals surface area contributed by atoms with Gasteiger partial charge in [-0.15, -0.1) is 0 Å². The van der Waals surface area contributed by atoms with Gasteiger partial charge in [-0.2, -0.15) is 5.10 Å². The van der Waals surface area contributed by atoms with Gasteiger partial charge in [0.25, 0.3) is 5.91 Å². The third-order valence-electron chi connectivity index (χ3n) is 3.73. The zero-order valence-corrected chi connectivity index (χ0v) is 12.1. The maximum atomic E-state index is 12.3. The van der Waals surface area contributed by atoms with E-state index in [1.54, 1.807) is 24.0 Å². The Kier molecular flexibility index (Phi) is 3.37. The molecule has 1 amide bonds. The molecule has 2 heterocycles. The third kappa shape index (κ3) is 2.37. The molecule has 1 aliphatic carbocycles. The van der Waals surface area contributed by atoms with Crippen LogP contribution in [0, 0.1) is 6.92 Å². The Bertz CT molecular complexity index is 712. The van der Waals surface area contributed by atoms with Crippen molar-refractivity contribution in [3.05, 3.63) is 35.0 Å². The zero-order valence-electron chi connectivity index (χ0n) is 12.1. The molecular formula is C15H17N3O3. The number of anilines is 1. The van der Waals surface area contributed by atoms with Crippen LogP contribution in [0.4, 0.5) is 5.69 Å². The molecule has 0 saturated carbocycles. The van der Waals surface area contributed by atoms with Crippen molar-refractivity contribution in [2.45, 2.75) is 39.7 Å². The molecule has 1 aliphatic rings. The lowest BCUT2D eigenvalue weighted by atomic mass is 9.94. The summed E-state index contributed by atoms with van der Waals surface area (Å²) in [6, 6.07) is 0. The number of aryl methyl sites for hydroxylation is 2. The van der Waals surface area contributed by atoms with Gasteiger partial charge in [0.15, 0.2) is 11.5 Å². The van der Waals surface area contributed by atoms with Crippen LogP contribution in [0.5, 0.6) is 0 Å². The lowest BCUT2D eigenvalue weighted by Crippen LogP contribution is -2.12. The van der Waals surface area contributed by atoms with E-state index in [2.05, 4.69) is 10.4 Å². The molecule has 3 rings (SSSR count). The predicted octanol–water partition coefficient (Wildman–Crippen LogP) is 2.58. The van der Waals surface area contributed by atoms with Crippen molar-refractivity contribution >= 4 is 17.4 Å². The van der Waals surface area contributed by atoms with Crippen LogP contribution in [0.3, 0.4) is 0 Å². The largest absolute Gasteiger partial charge is 0.455 e. The van der Waals surface area contributed by atoms with Crippen LogP contribution >= 0.6 is 0 Å². The Hall–Kier alpha value is -2.37. The van der Waals surface area contributed by atoms with Gasteiger partial charge in [-0.1, -0.05) is 0 Å². The van der Waals surface area contributed by atoms with Crippen LogP contribution in [-0.4, -0.2) is 21.5 Å². The standard InChI is InChI=1S/C15H17N3O3/c1-3-18-8-10(7-16-18)17-15(20)14-9(2)13-11(19)5-4-6-12(13)21-14/h7-8H,3-6H2,1-2H3,(H,17,20). The Morgan fingerprint density at radius 3 is 2.95 bits per heavy atom. The number of carbonyl (C=O) groups is 2. The minimum atomic E-state index is -0.342. The smallest absolute Gasteiger partial charge is 0.291 e. The number of amides is 1. The highest BCUT2D eigenvalue weighted by Gasteiger charge is 2.28. The number of fused-ring (bicyclic) bond motifs is 1. The first-order valence-corrected chi connectivity index (χ1v) is 7.09. The molecule has 0 unspecified atom stereocenters. The lowest BCUT2D eigenvalue weighted by molar-refractivity contribution is 0.0963. The molecule has 0 spiro atoms. The number of Topliss-reactive ketones (excluding diaryl/α,β-unsaturated/α-hetero) is 1. The summed E-state index contributed by atoms with van der Waals surface area (Å²) in [5.74, 6) is 0.582. The number of carbonyl (C=O) groups excluding carboxylic acids is 2. The van der Waals surface area contributed by atoms with E-state index in [1.165, 1.54) is 0 Å². The summed E-state index contributed by atoms with van der Waals surface area (Å²) < 4.78 is 7.34. The van der Waals surface area contributed by atoms with Crippen molar-refractivity contribution in [1.82, 2.24) is 9.78 Å². The van der Waals surface area contributed by atoms with E-state index in [4.69, 9.17) is 4.42 Å². The molecule has 0 atom stereocenters. The maximum absolute atomic E-state index is 12.3. The minimum Gasteiger partial charge on any atom is -0.455 e. The highest BCUT2D eigenvalue weighted by atomic mass is 16.4. The quantitative estimate of drug-likeness (QED) is 0.941. The number of ketones is 1. The normalized spacial score (nSPS) is 14.1. The van der Waals surface area contributed by atoms with Crippen molar-refractivity contribution in [2.75, 3.05) is 5.32 Å². The molecule has 21 heavy (non-hydrogen) atoms. The predicted molar refractivity (Wildman–Crippen MR) is 76.6 cm³/mol. The van der Waals surface area contributed by atoms with E-state index in [0.29, 0.717) is 35.4 Å². The molecule has 0 bridgehead atoms. The van der Waals surface area contributed by atoms with Crippen LogP contribution in [0.2, 0.25) is 0 Å². The molecule has 6 heteroatoms. The van der Waals surface area contributed by atoms with Gasteiger partial charge in [-0.25, -0.2) is 0 Å². The van der Waals surface area contributed by atoms with E-state index < -0.39 is 0 Å². The van der Waals surface area contributed by atoms with E-state index in [1.807, 2.05) is 6.92 Å². The lowest BCUT2D eigenvalue weighted by Gasteiger charge is -2.07. The minimum absolute atomic E-state index is 0.0651. The SMILES string of the molecule is CCn1cc(NC(=O)c2oc3c(c2C)C(=O)CCC3)cn1. The first-order chi connectivity index (χ1) is 10.1. The first kappa shape index (κ1) is 13.6. The van der Waals surface area contributed by atoms with Crippen LogP contribution in [0.15, 0.2) is 16.8 Å². The maximum Gasteiger partial charge on any atom is 0.291 e. The summed E-state index contributed by atoms with van der Waals surface area (Å²) in [4.78, 5) is 24.2. The Morgan fingerprint density at radius 1 is 1.48 bits per heavy atom. The second-order valence-corrected chi connectivity index (χ2v) is 5.17. The van der Waals surface area contributed by atoms with Gasteiger partial charge in [0.05, 0.1) is 17.4 Å². The number of rotatable bonds is 3. The monoisotopic (exact) mass is 287 g/mol. The number of nitrogens with one attached hydrogen (secondary N) is 1. The molecule has 110 valence electrons. The van der Waals surface area contributed by atoms with Crippen LogP contribution in [-0.2, 0) is 13.0 Å². The van der Waals surface area contributed by atoms with Crippen molar-refractivity contribution in [1.29, 1.82) is 0 Å². The second-order valence-electron chi connectivity index (χ2n) is 5.17. The average molecular weight is 287 g/mol. The van der Waals surface area contributed by atoms with Crippen molar-refractivity contribution in [2.24, 2.45) is 0 Å². The molecule has 6 nitrogen and oxygen atoms in total. The van der Waals surface area contributed by atoms with E-state index in [0.717, 1.165) is 13.0 Å². The molecular weight excluding hydrogens is 270 g/mol. The van der Waals surface area contributed by atoms with Crippen LogP contribution in [0.25, 0.3) is 0 Å². The summed E-state index contributed by atoms with van der Waals surface area (Å²) >= 11 is 0. The highest BCUT2D eigenvalue weighted by molar-refractivity contribution is 6.07. The molecule has 0 aromatic carbocycles. The highest BCUT2D eigenvalue weighted by Crippen LogP contribution is 2.29. The molecule has 0 radical (unpaired) electrons. The van der Waals surface area contributed by atoms with Gasteiger partial charge in [-0.05, 0) is 20.3 Å². The molecule has 0 fully saturated rings. The number of nitrogens with zero attached hydrogens (tertiary/aromatic N) is 2. The topological polar surface area (TPSA) is 77.1 Å². The summed E-state index contributed by atoms with van der Waals surface area (Å²) in [6.07, 6.45) is 5.36. The fraction of sp³-hybridized carbons (Fsp3) is 0.400. The van der Waals surface area contributed by atoms with Gasteiger partial charge in [0.1, 0.15) is 5.76 Å². The summed E-state index contributed by atoms with van der Waals surface area (Å²) in [5.41, 5.74) is 1.84. The fourth-order valence-electron chi connectivity index (χ4n) is 2.65. The zero-order chi connectivity index (χ0) is 15.0. The van der Waals surface area contributed by atoms with Crippen LogP contribution in [0.1, 0.15) is 52.0 Å². The molecule has 1 N–H and O–H groups in total. The molecule has 2 aromatic rings. The van der Waals surface area contributed by atoms with Gasteiger partial charge in [0, 0.05) is 31.1 Å². The Morgan fingerprint density at radius 2 is 2.29 bits per heavy atom. The van der Waals surface area contributed by atoms with Crippen molar-refractivity contribution in [3.63, 3.8) is 0 Å².